The van der Waals surface area contributed by atoms with E-state index in [4.69, 9.17) is 4.74 Å². The highest BCUT2D eigenvalue weighted by Gasteiger charge is 2.18. The van der Waals surface area contributed by atoms with Crippen molar-refractivity contribution in [2.75, 3.05) is 27.2 Å². The summed E-state index contributed by atoms with van der Waals surface area (Å²) in [4.78, 5) is 29.8. The lowest BCUT2D eigenvalue weighted by atomic mass is 10.1. The maximum absolute atomic E-state index is 12.0. The van der Waals surface area contributed by atoms with Crippen LogP contribution < -0.4 is 16.0 Å². The molecule has 0 radical (unpaired) electrons. The Morgan fingerprint density at radius 2 is 1.79 bits per heavy atom. The predicted molar refractivity (Wildman–Crippen MR) is 115 cm³/mol. The summed E-state index contributed by atoms with van der Waals surface area (Å²) in [6.07, 6.45) is 3.43. The summed E-state index contributed by atoms with van der Waals surface area (Å²) in [5.74, 6) is 0.513. The fraction of sp³-hybridized carbons (Fsp3) is 0.850. The van der Waals surface area contributed by atoms with Crippen molar-refractivity contribution in [1.29, 1.82) is 0 Å². The summed E-state index contributed by atoms with van der Waals surface area (Å²) in [6, 6.07) is 0.198. The van der Waals surface area contributed by atoms with Crippen LogP contribution in [0.2, 0.25) is 0 Å². The molecule has 0 aliphatic rings. The zero-order valence-corrected chi connectivity index (χ0v) is 19.0. The Morgan fingerprint density at radius 1 is 1.14 bits per heavy atom. The van der Waals surface area contributed by atoms with Gasteiger partial charge >= 0.3 is 6.09 Å². The fourth-order valence-corrected chi connectivity index (χ4v) is 2.15. The molecule has 8 nitrogen and oxygen atoms in total. The van der Waals surface area contributed by atoms with Gasteiger partial charge in [-0.3, -0.25) is 4.79 Å². The highest BCUT2D eigenvalue weighted by molar-refractivity contribution is 5.85. The third-order valence-corrected chi connectivity index (χ3v) is 4.01. The first-order valence-electron chi connectivity index (χ1n) is 10.2. The Bertz CT molecular complexity index is 501. The Hall–Kier alpha value is -1.99. The highest BCUT2D eigenvalue weighted by atomic mass is 16.6. The molecule has 2 unspecified atom stereocenters. The lowest BCUT2D eigenvalue weighted by molar-refractivity contribution is -0.127. The van der Waals surface area contributed by atoms with Crippen molar-refractivity contribution < 1.29 is 14.3 Å². The van der Waals surface area contributed by atoms with E-state index in [-0.39, 0.29) is 24.5 Å². The summed E-state index contributed by atoms with van der Waals surface area (Å²) in [5, 5.41) is 9.50. The number of hydrogen-bond acceptors (Lipinski definition) is 4. The van der Waals surface area contributed by atoms with Crippen LogP contribution in [0.1, 0.15) is 67.2 Å². The third-order valence-electron chi connectivity index (χ3n) is 4.01. The van der Waals surface area contributed by atoms with Gasteiger partial charge in [-0.15, -0.1) is 0 Å². The summed E-state index contributed by atoms with van der Waals surface area (Å²) in [7, 11) is 3.42. The molecule has 0 aromatic rings. The van der Waals surface area contributed by atoms with Crippen molar-refractivity contribution in [2.45, 2.75) is 84.9 Å². The molecule has 0 fully saturated rings. The van der Waals surface area contributed by atoms with E-state index >= 15 is 0 Å². The van der Waals surface area contributed by atoms with Crippen molar-refractivity contribution in [3.05, 3.63) is 0 Å². The Labute approximate surface area is 170 Å². The smallest absolute Gasteiger partial charge is 0.407 e. The van der Waals surface area contributed by atoms with E-state index in [0.29, 0.717) is 12.5 Å². The summed E-state index contributed by atoms with van der Waals surface area (Å²) < 4.78 is 5.31. The molecule has 0 aliphatic carbocycles. The van der Waals surface area contributed by atoms with Gasteiger partial charge < -0.3 is 25.6 Å². The van der Waals surface area contributed by atoms with Gasteiger partial charge in [0.05, 0.1) is 0 Å². The van der Waals surface area contributed by atoms with E-state index < -0.39 is 11.7 Å². The number of guanidine groups is 1. The number of alkyl carbamates (subject to hydrolysis) is 1. The molecule has 0 saturated carbocycles. The lowest BCUT2D eigenvalue weighted by Crippen LogP contribution is -2.51. The van der Waals surface area contributed by atoms with Gasteiger partial charge in [0.25, 0.3) is 0 Å². The van der Waals surface area contributed by atoms with Gasteiger partial charge in [0, 0.05) is 32.7 Å². The molecule has 0 aromatic carbocycles. The molecule has 0 bridgehead atoms. The second kappa shape index (κ2) is 13.2. The minimum Gasteiger partial charge on any atom is -0.444 e. The minimum atomic E-state index is -0.534. The van der Waals surface area contributed by atoms with Gasteiger partial charge in [0.15, 0.2) is 5.96 Å². The molecule has 0 heterocycles. The molecule has 3 N–H and O–H groups in total. The first kappa shape index (κ1) is 26.0. The SMILES string of the molecule is CCCCC(CNC(=O)OC(C)(C)C)NC(=NCC(=O)N(C)C)NC(C)CC. The number of carbonyl (C=O) groups excluding carboxylic acids is 2. The molecule has 8 heteroatoms. The van der Waals surface area contributed by atoms with Crippen LogP contribution >= 0.6 is 0 Å². The van der Waals surface area contributed by atoms with Crippen LogP contribution in [-0.2, 0) is 9.53 Å². The molecular weight excluding hydrogens is 358 g/mol. The molecular formula is C20H41N5O3. The molecule has 0 rings (SSSR count). The van der Waals surface area contributed by atoms with Crippen LogP contribution in [0, 0.1) is 0 Å². The van der Waals surface area contributed by atoms with Crippen molar-refractivity contribution in [3.63, 3.8) is 0 Å². The number of unbranched alkanes of at least 4 members (excludes halogenated alkanes) is 1. The zero-order valence-electron chi connectivity index (χ0n) is 19.0. The monoisotopic (exact) mass is 399 g/mol. The van der Waals surface area contributed by atoms with Gasteiger partial charge in [-0.2, -0.15) is 0 Å². The number of nitrogens with one attached hydrogen (secondary N) is 3. The number of rotatable bonds is 10. The Morgan fingerprint density at radius 3 is 2.29 bits per heavy atom. The molecule has 0 aliphatic heterocycles. The first-order valence-corrected chi connectivity index (χ1v) is 10.2. The Balaban J connectivity index is 5.05. The summed E-state index contributed by atoms with van der Waals surface area (Å²) in [5.41, 5.74) is -0.534. The molecule has 2 atom stereocenters. The average Bonchev–Trinajstić information content (AvgIpc) is 2.59. The number of hydrogen-bond donors (Lipinski definition) is 3. The summed E-state index contributed by atoms with van der Waals surface area (Å²) >= 11 is 0. The maximum atomic E-state index is 12.0. The van der Waals surface area contributed by atoms with Crippen molar-refractivity contribution >= 4 is 18.0 Å². The Kier molecular flexibility index (Phi) is 12.3. The van der Waals surface area contributed by atoms with Gasteiger partial charge in [-0.05, 0) is 40.5 Å². The summed E-state index contributed by atoms with van der Waals surface area (Å²) in [6.45, 7) is 12.3. The largest absolute Gasteiger partial charge is 0.444 e. The second-order valence-corrected chi connectivity index (χ2v) is 8.27. The number of likely N-dealkylation sites (N-methyl/N-ethyl adjacent to an activating group) is 1. The van der Waals surface area contributed by atoms with Crippen LogP contribution in [0.4, 0.5) is 4.79 Å². The quantitative estimate of drug-likeness (QED) is 0.387. The second-order valence-electron chi connectivity index (χ2n) is 8.27. The van der Waals surface area contributed by atoms with Crippen LogP contribution in [0.5, 0.6) is 0 Å². The number of ether oxygens (including phenoxy) is 1. The minimum absolute atomic E-state index is 0.0165. The lowest BCUT2D eigenvalue weighted by Gasteiger charge is -2.25. The van der Waals surface area contributed by atoms with E-state index in [1.165, 1.54) is 4.90 Å². The fourth-order valence-electron chi connectivity index (χ4n) is 2.15. The molecule has 28 heavy (non-hydrogen) atoms. The van der Waals surface area contributed by atoms with Crippen LogP contribution in [0.25, 0.3) is 0 Å². The van der Waals surface area contributed by atoms with Crippen LogP contribution in [-0.4, -0.2) is 67.7 Å². The normalized spacial score (nSPS) is 14.1. The van der Waals surface area contributed by atoms with Crippen molar-refractivity contribution in [1.82, 2.24) is 20.9 Å². The topological polar surface area (TPSA) is 95.1 Å². The molecule has 0 spiro atoms. The number of aliphatic imine (C=N–C) groups is 1. The third kappa shape index (κ3) is 13.2. The van der Waals surface area contributed by atoms with E-state index in [9.17, 15) is 9.59 Å². The standard InChI is InChI=1S/C20H41N5O3/c1-9-11-12-16(13-22-19(27)28-20(4,5)6)24-18(23-15(3)10-2)21-14-17(26)25(7)8/h15-16H,9-14H2,1-8H3,(H,22,27)(H2,21,23,24). The van der Waals surface area contributed by atoms with Crippen molar-refractivity contribution in [3.8, 4) is 0 Å². The highest BCUT2D eigenvalue weighted by Crippen LogP contribution is 2.07. The van der Waals surface area contributed by atoms with Gasteiger partial charge in [-0.1, -0.05) is 26.7 Å². The number of amides is 2. The molecule has 2 amide bonds. The molecule has 0 aromatic heterocycles. The van der Waals surface area contributed by atoms with Gasteiger partial charge in [-0.25, -0.2) is 9.79 Å². The van der Waals surface area contributed by atoms with Crippen molar-refractivity contribution in [2.24, 2.45) is 4.99 Å². The number of carbonyl (C=O) groups is 2. The average molecular weight is 400 g/mol. The first-order chi connectivity index (χ1) is 13.0. The predicted octanol–water partition coefficient (Wildman–Crippen LogP) is 2.49. The van der Waals surface area contributed by atoms with Gasteiger partial charge in [0.2, 0.25) is 5.91 Å². The number of nitrogens with zero attached hydrogens (tertiary/aromatic N) is 2. The van der Waals surface area contributed by atoms with E-state index in [1.54, 1.807) is 14.1 Å². The van der Waals surface area contributed by atoms with Crippen LogP contribution in [0.3, 0.4) is 0 Å². The maximum Gasteiger partial charge on any atom is 0.407 e. The van der Waals surface area contributed by atoms with E-state index in [0.717, 1.165) is 25.7 Å². The molecule has 0 saturated heterocycles. The van der Waals surface area contributed by atoms with Gasteiger partial charge in [0.1, 0.15) is 12.1 Å². The van der Waals surface area contributed by atoms with Crippen LogP contribution in [0.15, 0.2) is 4.99 Å². The molecule has 164 valence electrons. The van der Waals surface area contributed by atoms with E-state index in [1.807, 2.05) is 20.8 Å². The zero-order chi connectivity index (χ0) is 21.7. The van der Waals surface area contributed by atoms with E-state index in [2.05, 4.69) is 41.7 Å².